The van der Waals surface area contributed by atoms with Gasteiger partial charge in [0.25, 0.3) is 0 Å². The second-order valence-corrected chi connectivity index (χ2v) is 9.28. The highest BCUT2D eigenvalue weighted by Gasteiger charge is 2.21. The fourth-order valence-corrected chi connectivity index (χ4v) is 5.05. The van der Waals surface area contributed by atoms with Crippen molar-refractivity contribution < 1.29 is 24.9 Å². The summed E-state index contributed by atoms with van der Waals surface area (Å²) in [5, 5.41) is 30.9. The predicted molar refractivity (Wildman–Crippen MR) is 131 cm³/mol. The minimum absolute atomic E-state index is 0.0744. The maximum atomic E-state index is 10.7. The van der Waals surface area contributed by atoms with Crippen molar-refractivity contribution >= 4 is 23.4 Å². The van der Waals surface area contributed by atoms with Gasteiger partial charge in [-0.05, 0) is 34.7 Å². The molecule has 0 radical (unpaired) electrons. The molecule has 2 N–H and O–H groups in total. The van der Waals surface area contributed by atoms with Gasteiger partial charge in [0, 0.05) is 34.1 Å². The molecule has 6 heteroatoms. The lowest BCUT2D eigenvalue weighted by Crippen LogP contribution is -2.29. The number of hydrogen-bond donors (Lipinski definition) is 2. The summed E-state index contributed by atoms with van der Waals surface area (Å²) < 4.78 is 5.32. The van der Waals surface area contributed by atoms with E-state index in [9.17, 15) is 20.1 Å². The highest BCUT2D eigenvalue weighted by Crippen LogP contribution is 2.46. The minimum atomic E-state index is -1.34. The first-order valence-electron chi connectivity index (χ1n) is 10.9. The number of aliphatic hydroxyl groups is 2. The third kappa shape index (κ3) is 6.32. The van der Waals surface area contributed by atoms with Gasteiger partial charge in [0.2, 0.25) is 0 Å². The monoisotopic (exact) mass is 465 g/mol. The molecule has 2 atom stereocenters. The molecule has 0 aliphatic rings. The molecule has 0 aliphatic carbocycles. The normalized spacial score (nSPS) is 13.4. The molecule has 0 unspecified atom stereocenters. The second-order valence-electron chi connectivity index (χ2n) is 8.23. The summed E-state index contributed by atoms with van der Waals surface area (Å²) in [4.78, 5) is 13.0. The number of carboxylic acid groups (broad SMARTS) is 1. The topological polar surface area (TPSA) is 89.8 Å². The maximum absolute atomic E-state index is 10.7. The minimum Gasteiger partial charge on any atom is -0.550 e. The highest BCUT2D eigenvalue weighted by atomic mass is 32.1. The lowest BCUT2D eigenvalue weighted by molar-refractivity contribution is -0.307. The van der Waals surface area contributed by atoms with Crippen LogP contribution in [0.4, 0.5) is 0 Å². The van der Waals surface area contributed by atoms with Crippen LogP contribution in [0.25, 0.3) is 27.6 Å². The summed E-state index contributed by atoms with van der Waals surface area (Å²) in [5.74, 6) is -0.313. The van der Waals surface area contributed by atoms with Crippen LogP contribution in [0, 0.1) is 0 Å². The first-order valence-corrected chi connectivity index (χ1v) is 11.7. The van der Waals surface area contributed by atoms with Crippen LogP contribution < -0.4 is 9.84 Å². The molecule has 0 amide bonds. The Morgan fingerprint density at radius 2 is 1.73 bits per heavy atom. The van der Waals surface area contributed by atoms with Crippen LogP contribution in [-0.2, 0) is 4.79 Å². The van der Waals surface area contributed by atoms with Crippen molar-refractivity contribution in [1.29, 1.82) is 0 Å². The SMILES string of the molecule is COc1ccc(-c2c(-c3ccccc3)sc(C(C)C)c2/C=C/[C@@H](O)C[C@@H](O)CC(=O)[O-])cc1. The van der Waals surface area contributed by atoms with Crippen molar-refractivity contribution in [2.24, 2.45) is 0 Å². The number of ether oxygens (including phenoxy) is 1. The molecule has 2 aromatic carbocycles. The highest BCUT2D eigenvalue weighted by molar-refractivity contribution is 7.16. The number of carbonyl (C=O) groups excluding carboxylic acids is 1. The van der Waals surface area contributed by atoms with Crippen molar-refractivity contribution in [2.75, 3.05) is 7.11 Å². The summed E-state index contributed by atoms with van der Waals surface area (Å²) in [7, 11) is 1.64. The molecule has 3 aromatic rings. The summed E-state index contributed by atoms with van der Waals surface area (Å²) in [6.07, 6.45) is 0.777. The van der Waals surface area contributed by atoms with E-state index in [2.05, 4.69) is 26.0 Å². The largest absolute Gasteiger partial charge is 0.550 e. The Kier molecular flexibility index (Phi) is 8.44. The Labute approximate surface area is 198 Å². The molecule has 3 rings (SSSR count). The number of methoxy groups -OCH3 is 1. The van der Waals surface area contributed by atoms with Crippen molar-refractivity contribution in [3.05, 3.63) is 71.1 Å². The molecule has 1 heterocycles. The van der Waals surface area contributed by atoms with E-state index in [0.29, 0.717) is 0 Å². The van der Waals surface area contributed by atoms with Gasteiger partial charge in [-0.2, -0.15) is 0 Å². The van der Waals surface area contributed by atoms with Crippen LogP contribution in [0.2, 0.25) is 0 Å². The summed E-state index contributed by atoms with van der Waals surface area (Å²) in [5.41, 5.74) is 4.22. The molecule has 0 saturated carbocycles. The number of carbonyl (C=O) groups is 1. The number of thiophene rings is 1. The second kappa shape index (κ2) is 11.3. The number of hydrogen-bond acceptors (Lipinski definition) is 6. The molecular formula is C27H29O5S-. The lowest BCUT2D eigenvalue weighted by atomic mass is 9.94. The van der Waals surface area contributed by atoms with Gasteiger partial charge in [-0.25, -0.2) is 0 Å². The third-order valence-electron chi connectivity index (χ3n) is 5.31. The van der Waals surface area contributed by atoms with Crippen molar-refractivity contribution in [1.82, 2.24) is 0 Å². The zero-order valence-electron chi connectivity index (χ0n) is 19.0. The van der Waals surface area contributed by atoms with Gasteiger partial charge < -0.3 is 24.9 Å². The molecule has 174 valence electrons. The average molecular weight is 466 g/mol. The standard InChI is InChI=1S/C27H30O5S/c1-17(2)26-23(14-11-20(28)15-21(29)16-24(30)31)25(18-9-12-22(32-3)13-10-18)27(33-26)19-7-5-4-6-8-19/h4-14,17,20-21,28-29H,15-16H2,1-3H3,(H,30,31)/p-1/b14-11+/t20-,21-/m1/s1. The van der Waals surface area contributed by atoms with Crippen molar-refractivity contribution in [2.45, 2.75) is 44.8 Å². The average Bonchev–Trinajstić information content (AvgIpc) is 3.17. The van der Waals surface area contributed by atoms with Gasteiger partial charge in [0.15, 0.2) is 0 Å². The van der Waals surface area contributed by atoms with Gasteiger partial charge in [-0.3, -0.25) is 0 Å². The number of carboxylic acids is 1. The van der Waals surface area contributed by atoms with Gasteiger partial charge >= 0.3 is 0 Å². The Balaban J connectivity index is 2.08. The van der Waals surface area contributed by atoms with E-state index in [4.69, 9.17) is 4.74 Å². The van der Waals surface area contributed by atoms with Crippen LogP contribution in [0.5, 0.6) is 5.75 Å². The number of rotatable bonds is 10. The fraction of sp³-hybridized carbons (Fsp3) is 0.296. The molecule has 5 nitrogen and oxygen atoms in total. The molecule has 0 spiro atoms. The van der Waals surface area contributed by atoms with Crippen molar-refractivity contribution in [3.63, 3.8) is 0 Å². The quantitative estimate of drug-likeness (QED) is 0.461. The van der Waals surface area contributed by atoms with Crippen LogP contribution in [-0.4, -0.2) is 35.5 Å². The van der Waals surface area contributed by atoms with Crippen LogP contribution in [0.1, 0.15) is 43.0 Å². The van der Waals surface area contributed by atoms with Crippen LogP contribution in [0.15, 0.2) is 60.7 Å². The molecule has 0 bridgehead atoms. The number of benzene rings is 2. The number of aliphatic hydroxyl groups excluding tert-OH is 2. The Hall–Kier alpha value is -2.93. The Morgan fingerprint density at radius 3 is 2.30 bits per heavy atom. The van der Waals surface area contributed by atoms with Gasteiger partial charge in [-0.15, -0.1) is 11.3 Å². The Bertz CT molecular complexity index is 1080. The predicted octanol–water partition coefficient (Wildman–Crippen LogP) is 4.48. The maximum Gasteiger partial charge on any atom is 0.118 e. The summed E-state index contributed by atoms with van der Waals surface area (Å²) >= 11 is 1.73. The zero-order valence-corrected chi connectivity index (χ0v) is 19.8. The summed E-state index contributed by atoms with van der Waals surface area (Å²) in [6.45, 7) is 4.27. The molecule has 33 heavy (non-hydrogen) atoms. The lowest BCUT2D eigenvalue weighted by Gasteiger charge is -2.14. The molecule has 1 aromatic heterocycles. The van der Waals surface area contributed by atoms with E-state index in [0.717, 1.165) is 32.9 Å². The summed E-state index contributed by atoms with van der Waals surface area (Å²) in [6, 6.07) is 18.1. The molecule has 0 fully saturated rings. The third-order valence-corrected chi connectivity index (χ3v) is 6.87. The van der Waals surface area contributed by atoms with E-state index in [1.165, 1.54) is 4.88 Å². The fourth-order valence-electron chi connectivity index (χ4n) is 3.73. The van der Waals surface area contributed by atoms with Gasteiger partial charge in [0.1, 0.15) is 5.75 Å². The smallest absolute Gasteiger partial charge is 0.118 e. The zero-order chi connectivity index (χ0) is 24.0. The number of aliphatic carboxylic acids is 1. The van der Waals surface area contributed by atoms with E-state index >= 15 is 0 Å². The van der Waals surface area contributed by atoms with E-state index in [1.807, 2.05) is 48.5 Å². The molecule has 0 saturated heterocycles. The van der Waals surface area contributed by atoms with E-state index in [-0.39, 0.29) is 12.3 Å². The van der Waals surface area contributed by atoms with Crippen molar-refractivity contribution in [3.8, 4) is 27.3 Å². The van der Waals surface area contributed by atoms with Crippen LogP contribution >= 0.6 is 11.3 Å². The molecule has 0 aliphatic heterocycles. The first kappa shape index (κ1) is 24.7. The molecular weight excluding hydrogens is 436 g/mol. The van der Waals surface area contributed by atoms with E-state index in [1.54, 1.807) is 24.5 Å². The van der Waals surface area contributed by atoms with Gasteiger partial charge in [0.05, 0.1) is 19.3 Å². The van der Waals surface area contributed by atoms with Crippen LogP contribution in [0.3, 0.4) is 0 Å². The van der Waals surface area contributed by atoms with Gasteiger partial charge in [-0.1, -0.05) is 68.5 Å². The Morgan fingerprint density at radius 1 is 1.06 bits per heavy atom. The first-order chi connectivity index (χ1) is 15.8. The van der Waals surface area contributed by atoms with E-state index < -0.39 is 24.6 Å².